The average molecular weight is 715 g/mol. The Morgan fingerprint density at radius 3 is 2.02 bits per heavy atom. The van der Waals surface area contributed by atoms with Gasteiger partial charge < -0.3 is 15.8 Å². The summed E-state index contributed by atoms with van der Waals surface area (Å²) < 4.78 is 59.9. The summed E-state index contributed by atoms with van der Waals surface area (Å²) >= 11 is 0. The summed E-state index contributed by atoms with van der Waals surface area (Å²) in [6.45, 7) is 3.41. The van der Waals surface area contributed by atoms with E-state index >= 15 is 0 Å². The number of rotatable bonds is 12. The van der Waals surface area contributed by atoms with E-state index < -0.39 is 20.0 Å². The predicted molar refractivity (Wildman–Crippen MR) is 198 cm³/mol. The predicted octanol–water partition coefficient (Wildman–Crippen LogP) is 6.16. The van der Waals surface area contributed by atoms with Gasteiger partial charge in [-0.25, -0.2) is 16.8 Å². The first-order valence-electron chi connectivity index (χ1n) is 16.5. The van der Waals surface area contributed by atoms with Gasteiger partial charge in [0.15, 0.2) is 0 Å². The topological polar surface area (TPSA) is 157 Å². The van der Waals surface area contributed by atoms with Crippen LogP contribution < -0.4 is 20.5 Å². The van der Waals surface area contributed by atoms with Crippen LogP contribution in [-0.2, 0) is 42.5 Å². The van der Waals surface area contributed by atoms with Gasteiger partial charge in [-0.3, -0.25) is 14.2 Å². The number of benzene rings is 5. The summed E-state index contributed by atoms with van der Waals surface area (Å²) in [7, 11) is -7.17. The summed E-state index contributed by atoms with van der Waals surface area (Å²) in [4.78, 5) is 11.9. The van der Waals surface area contributed by atoms with Crippen molar-refractivity contribution in [3.8, 4) is 0 Å². The summed E-state index contributed by atoms with van der Waals surface area (Å²) in [5, 5.41) is 4.96. The molecule has 0 saturated carbocycles. The van der Waals surface area contributed by atoms with Crippen LogP contribution in [0.25, 0.3) is 10.8 Å². The molecule has 0 aliphatic heterocycles. The zero-order valence-corrected chi connectivity index (χ0v) is 29.5. The molecule has 0 amide bonds. The van der Waals surface area contributed by atoms with Crippen LogP contribution in [0.3, 0.4) is 0 Å². The quantitative estimate of drug-likeness (QED) is 0.112. The highest BCUT2D eigenvalue weighted by atomic mass is 32.2. The summed E-state index contributed by atoms with van der Waals surface area (Å²) in [5.74, 6) is 0.101. The molecular weight excluding hydrogens is 673 g/mol. The molecule has 1 aliphatic rings. The summed E-state index contributed by atoms with van der Waals surface area (Å²) in [6, 6.07) is 33.6. The molecule has 0 spiro atoms. The molecule has 10 nitrogen and oxygen atoms in total. The van der Waals surface area contributed by atoms with Crippen molar-refractivity contribution in [3.63, 3.8) is 0 Å². The normalized spacial score (nSPS) is 14.2. The molecule has 0 radical (unpaired) electrons. The molecule has 1 aliphatic carbocycles. The monoisotopic (exact) mass is 714 g/mol. The van der Waals surface area contributed by atoms with E-state index in [1.165, 1.54) is 11.1 Å². The van der Waals surface area contributed by atoms with Crippen molar-refractivity contribution in [3.05, 3.63) is 132 Å². The van der Waals surface area contributed by atoms with Gasteiger partial charge in [0.2, 0.25) is 0 Å². The van der Waals surface area contributed by atoms with Gasteiger partial charge in [0.1, 0.15) is 0 Å². The molecule has 5 N–H and O–H groups in total. The van der Waals surface area contributed by atoms with Crippen LogP contribution >= 0.6 is 0 Å². The van der Waals surface area contributed by atoms with Gasteiger partial charge >= 0.3 is 5.97 Å². The highest BCUT2D eigenvalue weighted by Gasteiger charge is 2.21. The van der Waals surface area contributed by atoms with Crippen molar-refractivity contribution in [2.24, 2.45) is 5.73 Å². The van der Waals surface area contributed by atoms with Crippen LogP contribution in [0.5, 0.6) is 0 Å². The number of anilines is 2. The Morgan fingerprint density at radius 2 is 1.40 bits per heavy atom. The van der Waals surface area contributed by atoms with Crippen LogP contribution in [0.2, 0.25) is 0 Å². The molecule has 1 atom stereocenters. The molecular formula is C38H42N4O6S2. The third-order valence-electron chi connectivity index (χ3n) is 8.34. The van der Waals surface area contributed by atoms with E-state index in [0.717, 1.165) is 35.6 Å². The van der Waals surface area contributed by atoms with Gasteiger partial charge in [0, 0.05) is 17.9 Å². The fourth-order valence-electron chi connectivity index (χ4n) is 5.93. The standard InChI is InChI=1S/C21H22N2O4S.C17H20N2O2S/c1-2-27-21(24)15-22-14-17-8-6-7-16-13-18(11-12-20(16)17)23-28(25,26)19-9-4-3-5-10-19;18-12-14-6-4-5-13-11-15(9-10-17(13)14)19-22(20,21)16-7-2-1-3-8-16/h3-13,22-23H,2,14-15H2,1H3;1-3,7-11,14,19H,4-6,12,18H2. The first kappa shape index (κ1) is 36.5. The lowest BCUT2D eigenvalue weighted by Gasteiger charge is -2.25. The fraction of sp³-hybridized carbons (Fsp3) is 0.237. The Morgan fingerprint density at radius 1 is 0.780 bits per heavy atom. The number of nitrogens with one attached hydrogen (secondary N) is 3. The Hall–Kier alpha value is -4.75. The molecule has 262 valence electrons. The van der Waals surface area contributed by atoms with Crippen LogP contribution in [0.1, 0.15) is 42.4 Å². The van der Waals surface area contributed by atoms with Crippen LogP contribution in [0.4, 0.5) is 11.4 Å². The van der Waals surface area contributed by atoms with Gasteiger partial charge in [-0.2, -0.15) is 0 Å². The first-order valence-corrected chi connectivity index (χ1v) is 19.4. The smallest absolute Gasteiger partial charge is 0.319 e. The highest BCUT2D eigenvalue weighted by Crippen LogP contribution is 2.33. The number of carbonyl (C=O) groups excluding carboxylic acids is 1. The Balaban J connectivity index is 0.000000200. The van der Waals surface area contributed by atoms with E-state index in [-0.39, 0.29) is 22.3 Å². The number of sulfonamides is 2. The third-order valence-corrected chi connectivity index (χ3v) is 11.1. The van der Waals surface area contributed by atoms with E-state index in [4.69, 9.17) is 10.5 Å². The fourth-order valence-corrected chi connectivity index (χ4v) is 8.07. The van der Waals surface area contributed by atoms with E-state index in [1.807, 2.05) is 42.5 Å². The number of esters is 1. The van der Waals surface area contributed by atoms with E-state index in [9.17, 15) is 21.6 Å². The zero-order valence-electron chi connectivity index (χ0n) is 27.8. The van der Waals surface area contributed by atoms with Crippen molar-refractivity contribution < 1.29 is 26.4 Å². The molecule has 5 aromatic rings. The van der Waals surface area contributed by atoms with Crippen LogP contribution in [0, 0.1) is 0 Å². The van der Waals surface area contributed by atoms with Gasteiger partial charge in [0.05, 0.1) is 22.9 Å². The number of ether oxygens (including phenoxy) is 1. The van der Waals surface area contributed by atoms with Crippen molar-refractivity contribution in [1.82, 2.24) is 5.32 Å². The zero-order chi connectivity index (χ0) is 35.6. The maximum absolute atomic E-state index is 12.5. The average Bonchev–Trinajstić information content (AvgIpc) is 3.12. The van der Waals surface area contributed by atoms with E-state index in [1.54, 1.807) is 79.7 Å². The molecule has 12 heteroatoms. The lowest BCUT2D eigenvalue weighted by Crippen LogP contribution is -2.24. The van der Waals surface area contributed by atoms with E-state index in [2.05, 4.69) is 14.8 Å². The maximum atomic E-state index is 12.5. The molecule has 0 aromatic heterocycles. The molecule has 0 heterocycles. The Bertz CT molecular complexity index is 2130. The van der Waals surface area contributed by atoms with Gasteiger partial charge in [0.25, 0.3) is 20.0 Å². The van der Waals surface area contributed by atoms with Gasteiger partial charge in [-0.05, 0) is 115 Å². The minimum absolute atomic E-state index is 0.138. The van der Waals surface area contributed by atoms with Gasteiger partial charge in [-0.1, -0.05) is 66.7 Å². The van der Waals surface area contributed by atoms with Crippen molar-refractivity contribution >= 4 is 48.2 Å². The van der Waals surface area contributed by atoms with E-state index in [0.29, 0.717) is 37.0 Å². The second-order valence-corrected chi connectivity index (χ2v) is 15.2. The lowest BCUT2D eigenvalue weighted by molar-refractivity contribution is -0.142. The Kier molecular flexibility index (Phi) is 12.3. The molecule has 1 unspecified atom stereocenters. The number of hydrogen-bond donors (Lipinski definition) is 4. The number of aryl methyl sites for hydroxylation is 1. The second-order valence-electron chi connectivity index (χ2n) is 11.8. The number of hydrogen-bond acceptors (Lipinski definition) is 8. The molecule has 50 heavy (non-hydrogen) atoms. The number of carbonyl (C=O) groups is 1. The Labute approximate surface area is 294 Å². The highest BCUT2D eigenvalue weighted by molar-refractivity contribution is 7.93. The molecule has 0 bridgehead atoms. The summed E-state index contributed by atoms with van der Waals surface area (Å²) in [6.07, 6.45) is 3.19. The number of nitrogens with two attached hydrogens (primary N) is 1. The first-order chi connectivity index (χ1) is 24.1. The third kappa shape index (κ3) is 9.48. The molecule has 0 fully saturated rings. The minimum atomic E-state index is -3.64. The molecule has 0 saturated heterocycles. The molecule has 5 aromatic carbocycles. The largest absolute Gasteiger partial charge is 0.465 e. The van der Waals surface area contributed by atoms with Crippen LogP contribution in [0.15, 0.2) is 125 Å². The van der Waals surface area contributed by atoms with Crippen LogP contribution in [-0.4, -0.2) is 42.5 Å². The van der Waals surface area contributed by atoms with Crippen molar-refractivity contribution in [2.75, 3.05) is 29.1 Å². The van der Waals surface area contributed by atoms with Crippen molar-refractivity contribution in [2.45, 2.75) is 48.4 Å². The second kappa shape index (κ2) is 16.8. The lowest BCUT2D eigenvalue weighted by atomic mass is 9.83. The maximum Gasteiger partial charge on any atom is 0.319 e. The SMILES string of the molecule is CCOC(=O)CNCc1cccc2cc(NS(=O)(=O)c3ccccc3)ccc12.NCC1CCCc2cc(NS(=O)(=O)c3ccccc3)ccc21. The number of fused-ring (bicyclic) bond motifs is 2. The van der Waals surface area contributed by atoms with Crippen molar-refractivity contribution in [1.29, 1.82) is 0 Å². The van der Waals surface area contributed by atoms with Gasteiger partial charge in [-0.15, -0.1) is 0 Å². The minimum Gasteiger partial charge on any atom is -0.465 e. The summed E-state index contributed by atoms with van der Waals surface area (Å²) in [5.41, 5.74) is 10.4. The molecule has 6 rings (SSSR count).